The Morgan fingerprint density at radius 1 is 1.29 bits per heavy atom. The summed E-state index contributed by atoms with van der Waals surface area (Å²) in [4.78, 5) is 4.50. The molecule has 1 rings (SSSR count). The molecule has 0 bridgehead atoms. The molecule has 0 fully saturated rings. The predicted molar refractivity (Wildman–Crippen MR) is 87.1 cm³/mol. The van der Waals surface area contributed by atoms with Crippen LogP contribution >= 0.6 is 11.8 Å². The van der Waals surface area contributed by atoms with Gasteiger partial charge in [-0.05, 0) is 50.4 Å². The van der Waals surface area contributed by atoms with Crippen LogP contribution in [0.3, 0.4) is 0 Å². The maximum absolute atomic E-state index is 12.8. The Bertz CT molecular complexity index is 557. The van der Waals surface area contributed by atoms with E-state index in [9.17, 15) is 8.78 Å². The third-order valence-electron chi connectivity index (χ3n) is 2.40. The molecule has 0 saturated heterocycles. The van der Waals surface area contributed by atoms with Crippen LogP contribution in [-0.4, -0.2) is 17.4 Å². The Hall–Kier alpha value is -1.62. The van der Waals surface area contributed by atoms with E-state index in [1.807, 2.05) is 26.2 Å². The number of nitrogens with zero attached hydrogens (tertiary/aromatic N) is 1. The number of hydrogen-bond acceptors (Lipinski definition) is 3. The Balaban J connectivity index is 3.08. The van der Waals surface area contributed by atoms with Crippen molar-refractivity contribution in [3.63, 3.8) is 0 Å². The van der Waals surface area contributed by atoms with Gasteiger partial charge in [-0.25, -0.2) is 4.99 Å². The molecular formula is C16H19F2NOS. The second-order valence-electron chi connectivity index (χ2n) is 4.65. The molecule has 114 valence electrons. The van der Waals surface area contributed by atoms with E-state index < -0.39 is 6.11 Å². The number of halogens is 2. The quantitative estimate of drug-likeness (QED) is 0.414. The zero-order valence-corrected chi connectivity index (χ0v) is 13.4. The zero-order chi connectivity index (χ0) is 16.0. The lowest BCUT2D eigenvalue weighted by Gasteiger charge is -2.13. The normalized spacial score (nSPS) is 13.2. The Labute approximate surface area is 128 Å². The third-order valence-corrected chi connectivity index (χ3v) is 3.09. The van der Waals surface area contributed by atoms with Crippen molar-refractivity contribution in [1.82, 2.24) is 0 Å². The summed E-state index contributed by atoms with van der Waals surface area (Å²) in [5, 5.41) is 0.905. The first-order valence-corrected chi connectivity index (χ1v) is 7.57. The summed E-state index contributed by atoms with van der Waals surface area (Å²) >= 11 is 1.54. The molecule has 0 unspecified atom stereocenters. The largest absolute Gasteiger partial charge is 0.433 e. The molecule has 0 aliphatic heterocycles. The van der Waals surface area contributed by atoms with Gasteiger partial charge in [0.2, 0.25) is 0 Å². The molecule has 0 radical (unpaired) electrons. The van der Waals surface area contributed by atoms with Crippen LogP contribution < -0.4 is 4.74 Å². The first-order valence-electron chi connectivity index (χ1n) is 6.35. The number of allylic oxidation sites excluding steroid dienone is 2. The van der Waals surface area contributed by atoms with Gasteiger partial charge in [0.05, 0.1) is 10.7 Å². The van der Waals surface area contributed by atoms with Crippen LogP contribution in [0.15, 0.2) is 47.5 Å². The maximum atomic E-state index is 12.8. The van der Waals surface area contributed by atoms with E-state index >= 15 is 0 Å². The van der Waals surface area contributed by atoms with E-state index in [-0.39, 0.29) is 5.75 Å². The SMILES string of the molecule is C=C(C)/C=C(\N=C(C)SC)c1ccc(OC(C)(F)F)cc1. The fraction of sp³-hybridized carbons (Fsp3) is 0.312. The van der Waals surface area contributed by atoms with Gasteiger partial charge in [-0.1, -0.05) is 12.2 Å². The summed E-state index contributed by atoms with van der Waals surface area (Å²) < 4.78 is 30.1. The van der Waals surface area contributed by atoms with Crippen molar-refractivity contribution in [3.05, 3.63) is 48.1 Å². The Morgan fingerprint density at radius 2 is 1.86 bits per heavy atom. The minimum absolute atomic E-state index is 0.117. The number of thioether (sulfide) groups is 1. The first kappa shape index (κ1) is 17.4. The molecule has 1 aromatic rings. The molecule has 2 nitrogen and oxygen atoms in total. The zero-order valence-electron chi connectivity index (χ0n) is 12.6. The minimum atomic E-state index is -3.19. The van der Waals surface area contributed by atoms with Crippen LogP contribution in [0.2, 0.25) is 0 Å². The second kappa shape index (κ2) is 7.41. The molecular weight excluding hydrogens is 292 g/mol. The van der Waals surface area contributed by atoms with Crippen LogP contribution in [0.4, 0.5) is 8.78 Å². The molecule has 1 aromatic carbocycles. The summed E-state index contributed by atoms with van der Waals surface area (Å²) in [6, 6.07) is 6.41. The average molecular weight is 311 g/mol. The molecule has 5 heteroatoms. The lowest BCUT2D eigenvalue weighted by atomic mass is 10.1. The number of benzene rings is 1. The van der Waals surface area contributed by atoms with Crippen LogP contribution in [0.25, 0.3) is 5.70 Å². The topological polar surface area (TPSA) is 21.6 Å². The smallest absolute Gasteiger partial charge is 0.394 e. The van der Waals surface area contributed by atoms with Crippen LogP contribution in [0.5, 0.6) is 5.75 Å². The Morgan fingerprint density at radius 3 is 2.29 bits per heavy atom. The van der Waals surface area contributed by atoms with Gasteiger partial charge in [-0.2, -0.15) is 8.78 Å². The van der Waals surface area contributed by atoms with Crippen molar-refractivity contribution in [3.8, 4) is 5.75 Å². The van der Waals surface area contributed by atoms with Crippen molar-refractivity contribution in [2.75, 3.05) is 6.26 Å². The van der Waals surface area contributed by atoms with Gasteiger partial charge in [0, 0.05) is 12.5 Å². The molecule has 0 aliphatic carbocycles. The highest BCUT2D eigenvalue weighted by Crippen LogP contribution is 2.25. The highest BCUT2D eigenvalue weighted by Gasteiger charge is 2.22. The fourth-order valence-electron chi connectivity index (χ4n) is 1.53. The van der Waals surface area contributed by atoms with E-state index in [2.05, 4.69) is 16.3 Å². The number of aliphatic imine (C=N–C) groups is 1. The summed E-state index contributed by atoms with van der Waals surface area (Å²) in [6.45, 7) is 8.33. The number of rotatable bonds is 5. The van der Waals surface area contributed by atoms with E-state index in [0.29, 0.717) is 6.92 Å². The second-order valence-corrected chi connectivity index (χ2v) is 5.64. The molecule has 0 atom stereocenters. The molecule has 0 aliphatic rings. The summed E-state index contributed by atoms with van der Waals surface area (Å²) in [5.74, 6) is 0.117. The van der Waals surface area contributed by atoms with Gasteiger partial charge >= 0.3 is 6.11 Å². The lowest BCUT2D eigenvalue weighted by molar-refractivity contribution is -0.158. The van der Waals surface area contributed by atoms with Gasteiger partial charge in [0.25, 0.3) is 0 Å². The van der Waals surface area contributed by atoms with Crippen LogP contribution in [0, 0.1) is 0 Å². The molecule has 0 N–H and O–H groups in total. The summed E-state index contributed by atoms with van der Waals surface area (Å²) in [7, 11) is 0. The van der Waals surface area contributed by atoms with Crippen molar-refractivity contribution < 1.29 is 13.5 Å². The average Bonchev–Trinajstić information content (AvgIpc) is 2.36. The monoisotopic (exact) mass is 311 g/mol. The van der Waals surface area contributed by atoms with Gasteiger partial charge in [-0.3, -0.25) is 0 Å². The number of ether oxygens (including phenoxy) is 1. The van der Waals surface area contributed by atoms with E-state index in [0.717, 1.165) is 21.9 Å². The number of hydrogen-bond donors (Lipinski definition) is 0. The van der Waals surface area contributed by atoms with Crippen LogP contribution in [-0.2, 0) is 0 Å². The number of alkyl halides is 2. The predicted octanol–water partition coefficient (Wildman–Crippen LogP) is 5.38. The van der Waals surface area contributed by atoms with Crippen molar-refractivity contribution in [2.45, 2.75) is 26.9 Å². The van der Waals surface area contributed by atoms with E-state index in [1.54, 1.807) is 23.9 Å². The summed E-state index contributed by atoms with van der Waals surface area (Å²) in [6.07, 6.45) is 0.604. The van der Waals surface area contributed by atoms with Crippen molar-refractivity contribution >= 4 is 22.5 Å². The van der Waals surface area contributed by atoms with Crippen LogP contribution in [0.1, 0.15) is 26.3 Å². The first-order chi connectivity index (χ1) is 9.71. The van der Waals surface area contributed by atoms with Gasteiger partial charge < -0.3 is 4.74 Å². The highest BCUT2D eigenvalue weighted by atomic mass is 32.2. The van der Waals surface area contributed by atoms with Crippen molar-refractivity contribution in [2.24, 2.45) is 4.99 Å². The minimum Gasteiger partial charge on any atom is -0.433 e. The third kappa shape index (κ3) is 6.58. The standard InChI is InChI=1S/C16H19F2NOS/c1-11(2)10-15(19-12(3)21-5)13-6-8-14(9-7-13)20-16(4,17)18/h6-10H,1H2,2-5H3/b15-10-,19-12?. The van der Waals surface area contributed by atoms with Gasteiger partial charge in [0.1, 0.15) is 5.75 Å². The van der Waals surface area contributed by atoms with Gasteiger partial charge in [0.15, 0.2) is 0 Å². The molecule has 0 aromatic heterocycles. The Kier molecular flexibility index (Phi) is 6.15. The van der Waals surface area contributed by atoms with E-state index in [4.69, 9.17) is 0 Å². The molecule has 0 heterocycles. The van der Waals surface area contributed by atoms with E-state index in [1.165, 1.54) is 12.1 Å². The summed E-state index contributed by atoms with van der Waals surface area (Å²) in [5.41, 5.74) is 2.42. The fourth-order valence-corrected chi connectivity index (χ4v) is 1.72. The lowest BCUT2D eigenvalue weighted by Crippen LogP contribution is -2.18. The molecule has 0 saturated carbocycles. The molecule has 0 amide bonds. The molecule has 21 heavy (non-hydrogen) atoms. The van der Waals surface area contributed by atoms with Gasteiger partial charge in [-0.15, -0.1) is 11.8 Å². The molecule has 0 spiro atoms. The highest BCUT2D eigenvalue weighted by molar-refractivity contribution is 8.13. The maximum Gasteiger partial charge on any atom is 0.394 e. The van der Waals surface area contributed by atoms with Crippen molar-refractivity contribution in [1.29, 1.82) is 0 Å².